The van der Waals surface area contributed by atoms with Gasteiger partial charge in [-0.3, -0.25) is 4.79 Å². The molecule has 0 saturated carbocycles. The van der Waals surface area contributed by atoms with E-state index in [4.69, 9.17) is 14.2 Å². The zero-order valence-electron chi connectivity index (χ0n) is 24.7. The monoisotopic (exact) mass is 592 g/mol. The van der Waals surface area contributed by atoms with Crippen LogP contribution in [0.3, 0.4) is 0 Å². The summed E-state index contributed by atoms with van der Waals surface area (Å²) >= 11 is 0. The molecule has 2 heterocycles. The van der Waals surface area contributed by atoms with Crippen LogP contribution >= 0.6 is 0 Å². The highest BCUT2D eigenvalue weighted by atomic mass is 32.2. The number of hydrogen-bond acceptors (Lipinski definition) is 8. The predicted octanol–water partition coefficient (Wildman–Crippen LogP) is 4.65. The molecular weight excluding hydrogens is 556 g/mol. The number of benzene rings is 3. The lowest BCUT2D eigenvalue weighted by Crippen LogP contribution is -2.35. The van der Waals surface area contributed by atoms with Crippen LogP contribution in [-0.4, -0.2) is 60.1 Å². The molecule has 1 aromatic heterocycles. The minimum absolute atomic E-state index is 0.0896. The largest absolute Gasteiger partial charge is 0.494 e. The minimum atomic E-state index is -3.82. The van der Waals surface area contributed by atoms with Crippen molar-refractivity contribution in [3.05, 3.63) is 76.3 Å². The molecule has 3 aromatic carbocycles. The van der Waals surface area contributed by atoms with Crippen LogP contribution in [0.2, 0.25) is 0 Å². The molecule has 0 bridgehead atoms. The third-order valence-electron chi connectivity index (χ3n) is 7.78. The maximum Gasteiger partial charge on any atom is 0.306 e. The fraction of sp³-hybridized carbons (Fsp3) is 0.387. The zero-order chi connectivity index (χ0) is 30.2. The summed E-state index contributed by atoms with van der Waals surface area (Å²) in [5, 5.41) is 8.55. The Labute approximate surface area is 246 Å². The van der Waals surface area contributed by atoms with Gasteiger partial charge in [-0.25, -0.2) is 13.1 Å². The Bertz CT molecular complexity index is 1750. The van der Waals surface area contributed by atoms with Gasteiger partial charge in [-0.1, -0.05) is 35.5 Å². The molecular formula is C31H36N4O6S. The van der Waals surface area contributed by atoms with Gasteiger partial charge in [0.25, 0.3) is 0 Å². The predicted molar refractivity (Wildman–Crippen MR) is 158 cm³/mol. The zero-order valence-corrected chi connectivity index (χ0v) is 25.6. The standard InChI is InChI=1S/C31H36N4O6S/c1-7-40-29(36)16-25(24-15-27(39-6)31-30(21(24)4)32-33-34(31)5)22-13-12-19(2)23(14-22)18-35-17-20(3)41-26-10-8-9-11-28(26)42(35,37)38/h8-15,20,25H,7,16-18H2,1-6H3/t20-,25?/m1/s1. The highest BCUT2D eigenvalue weighted by molar-refractivity contribution is 7.89. The number of carbonyl (C=O) groups excluding carboxylic acids is 1. The molecule has 0 N–H and O–H groups in total. The molecule has 1 aliphatic rings. The lowest BCUT2D eigenvalue weighted by Gasteiger charge is -2.25. The molecule has 10 nitrogen and oxygen atoms in total. The van der Waals surface area contributed by atoms with Gasteiger partial charge >= 0.3 is 5.97 Å². The molecule has 42 heavy (non-hydrogen) atoms. The summed E-state index contributed by atoms with van der Waals surface area (Å²) in [7, 11) is -0.417. The number of hydrogen-bond donors (Lipinski definition) is 0. The van der Waals surface area contributed by atoms with E-state index in [0.717, 1.165) is 33.3 Å². The highest BCUT2D eigenvalue weighted by Gasteiger charge is 2.34. The second-order valence-corrected chi connectivity index (χ2v) is 12.5. The molecule has 11 heteroatoms. The smallest absolute Gasteiger partial charge is 0.306 e. The molecule has 0 saturated heterocycles. The molecule has 2 atom stereocenters. The van der Waals surface area contributed by atoms with Gasteiger partial charge in [-0.15, -0.1) is 5.10 Å². The first-order chi connectivity index (χ1) is 20.0. The molecule has 5 rings (SSSR count). The number of rotatable bonds is 8. The molecule has 0 spiro atoms. The molecule has 4 aromatic rings. The number of para-hydroxylation sites is 1. The maximum absolute atomic E-state index is 13.7. The Morgan fingerprint density at radius 3 is 2.67 bits per heavy atom. The average molecular weight is 593 g/mol. The number of nitrogens with zero attached hydrogens (tertiary/aromatic N) is 4. The number of aryl methyl sites for hydroxylation is 3. The molecule has 0 fully saturated rings. The Kier molecular flexibility index (Phi) is 8.25. The fourth-order valence-corrected chi connectivity index (χ4v) is 7.22. The molecule has 0 aliphatic carbocycles. The highest BCUT2D eigenvalue weighted by Crippen LogP contribution is 2.39. The summed E-state index contributed by atoms with van der Waals surface area (Å²) in [5.41, 5.74) is 5.83. The molecule has 222 valence electrons. The minimum Gasteiger partial charge on any atom is -0.494 e. The molecule has 1 aliphatic heterocycles. The third-order valence-corrected chi connectivity index (χ3v) is 9.64. The average Bonchev–Trinajstić information content (AvgIpc) is 3.31. The van der Waals surface area contributed by atoms with E-state index in [1.165, 1.54) is 4.31 Å². The van der Waals surface area contributed by atoms with Gasteiger partial charge in [-0.05, 0) is 73.7 Å². The van der Waals surface area contributed by atoms with Gasteiger partial charge in [0.1, 0.15) is 33.5 Å². The van der Waals surface area contributed by atoms with E-state index in [1.807, 2.05) is 45.0 Å². The number of sulfonamides is 1. The SMILES string of the molecule is CCOC(=O)CC(c1ccc(C)c(CN2C[C@@H](C)Oc3ccccc3S2(=O)=O)c1)c1cc(OC)c2c(nnn2C)c1C. The number of ether oxygens (including phenoxy) is 3. The molecule has 0 radical (unpaired) electrons. The Balaban J connectivity index is 1.60. The van der Waals surface area contributed by atoms with Crippen molar-refractivity contribution in [3.8, 4) is 11.5 Å². The summed E-state index contributed by atoms with van der Waals surface area (Å²) in [6.07, 6.45) is -0.246. The van der Waals surface area contributed by atoms with Gasteiger partial charge < -0.3 is 14.2 Å². The quantitative estimate of drug-likeness (QED) is 0.272. The van der Waals surface area contributed by atoms with Crippen LogP contribution in [-0.2, 0) is 33.1 Å². The topological polar surface area (TPSA) is 113 Å². The van der Waals surface area contributed by atoms with Crippen LogP contribution in [0.4, 0.5) is 0 Å². The van der Waals surface area contributed by atoms with E-state index < -0.39 is 15.9 Å². The van der Waals surface area contributed by atoms with E-state index >= 15 is 0 Å². The van der Waals surface area contributed by atoms with Gasteiger partial charge in [-0.2, -0.15) is 4.31 Å². The summed E-state index contributed by atoms with van der Waals surface area (Å²) in [4.78, 5) is 13.0. The maximum atomic E-state index is 13.7. The van der Waals surface area contributed by atoms with E-state index in [9.17, 15) is 13.2 Å². The van der Waals surface area contributed by atoms with E-state index in [0.29, 0.717) is 17.0 Å². The van der Waals surface area contributed by atoms with Crippen molar-refractivity contribution in [3.63, 3.8) is 0 Å². The van der Waals surface area contributed by atoms with Crippen LogP contribution in [0, 0.1) is 13.8 Å². The van der Waals surface area contributed by atoms with Gasteiger partial charge in [0.05, 0.1) is 26.7 Å². The third kappa shape index (κ3) is 5.46. The number of carbonyl (C=O) groups is 1. The van der Waals surface area contributed by atoms with Crippen molar-refractivity contribution >= 4 is 27.0 Å². The Morgan fingerprint density at radius 2 is 1.93 bits per heavy atom. The summed E-state index contributed by atoms with van der Waals surface area (Å²) < 4.78 is 47.6. The first-order valence-electron chi connectivity index (χ1n) is 13.9. The fourth-order valence-electron chi connectivity index (χ4n) is 5.61. The normalized spacial score (nSPS) is 17.2. The van der Waals surface area contributed by atoms with Crippen molar-refractivity contribution in [2.75, 3.05) is 20.3 Å². The van der Waals surface area contributed by atoms with Crippen LogP contribution in [0.15, 0.2) is 53.4 Å². The second-order valence-electron chi connectivity index (χ2n) is 10.6. The summed E-state index contributed by atoms with van der Waals surface area (Å²) in [5.74, 6) is 0.228. The van der Waals surface area contributed by atoms with Crippen molar-refractivity contribution in [1.29, 1.82) is 0 Å². The Hall–Kier alpha value is -3.96. The van der Waals surface area contributed by atoms with Gasteiger partial charge in [0.15, 0.2) is 0 Å². The summed E-state index contributed by atoms with van der Waals surface area (Å²) in [6.45, 7) is 8.18. The molecule has 0 amide bonds. The van der Waals surface area contributed by atoms with Gasteiger partial charge in [0.2, 0.25) is 10.0 Å². The first-order valence-corrected chi connectivity index (χ1v) is 15.4. The van der Waals surface area contributed by atoms with E-state index in [2.05, 4.69) is 10.3 Å². The van der Waals surface area contributed by atoms with Crippen LogP contribution in [0.25, 0.3) is 11.0 Å². The van der Waals surface area contributed by atoms with Crippen LogP contribution < -0.4 is 9.47 Å². The number of esters is 1. The van der Waals surface area contributed by atoms with Crippen LogP contribution in [0.5, 0.6) is 11.5 Å². The van der Waals surface area contributed by atoms with Crippen molar-refractivity contribution in [2.24, 2.45) is 7.05 Å². The lowest BCUT2D eigenvalue weighted by atomic mass is 9.84. The van der Waals surface area contributed by atoms with Crippen molar-refractivity contribution in [1.82, 2.24) is 19.3 Å². The number of aromatic nitrogens is 3. The summed E-state index contributed by atoms with van der Waals surface area (Å²) in [6, 6.07) is 14.6. The van der Waals surface area contributed by atoms with Crippen molar-refractivity contribution < 1.29 is 27.4 Å². The number of methoxy groups -OCH3 is 1. The van der Waals surface area contributed by atoms with E-state index in [1.54, 1.807) is 50.0 Å². The van der Waals surface area contributed by atoms with E-state index in [-0.39, 0.29) is 43.1 Å². The van der Waals surface area contributed by atoms with Crippen LogP contribution in [0.1, 0.15) is 54.0 Å². The second kappa shape index (κ2) is 11.7. The lowest BCUT2D eigenvalue weighted by molar-refractivity contribution is -0.143. The first kappa shape index (κ1) is 29.5. The molecule has 1 unspecified atom stereocenters. The van der Waals surface area contributed by atoms with Gasteiger partial charge in [0, 0.05) is 19.5 Å². The van der Waals surface area contributed by atoms with Crippen molar-refractivity contribution in [2.45, 2.75) is 57.6 Å². The Morgan fingerprint density at radius 1 is 1.17 bits per heavy atom. The number of fused-ring (bicyclic) bond motifs is 2.